The molecule has 0 amide bonds. The van der Waals surface area contributed by atoms with Crippen LogP contribution in [0.2, 0.25) is 0 Å². The molecule has 1 aliphatic heterocycles. The third-order valence-electron chi connectivity index (χ3n) is 1.66. The first-order chi connectivity index (χ1) is 5.83. The molecule has 2 heteroatoms. The lowest BCUT2D eigenvalue weighted by atomic mass is 10.1. The second-order valence-electron chi connectivity index (χ2n) is 2.72. The Morgan fingerprint density at radius 3 is 3.00 bits per heavy atom. The lowest BCUT2D eigenvalue weighted by Gasteiger charge is -2.19. The first-order valence-corrected chi connectivity index (χ1v) is 4.12. The summed E-state index contributed by atoms with van der Waals surface area (Å²) >= 11 is 0. The van der Waals surface area contributed by atoms with Gasteiger partial charge in [-0.1, -0.05) is 18.2 Å². The smallest absolute Gasteiger partial charge is 0.119 e. The van der Waals surface area contributed by atoms with Gasteiger partial charge in [-0.05, 0) is 19.1 Å². The first kappa shape index (κ1) is 9.07. The zero-order valence-corrected chi connectivity index (χ0v) is 7.18. The molecule has 12 heavy (non-hydrogen) atoms. The summed E-state index contributed by atoms with van der Waals surface area (Å²) in [4.78, 5) is 0. The van der Waals surface area contributed by atoms with Crippen molar-refractivity contribution in [2.75, 3.05) is 0 Å². The van der Waals surface area contributed by atoms with Crippen molar-refractivity contribution in [3.05, 3.63) is 36.6 Å². The number of allylic oxidation sites excluding steroid dienone is 3. The molecule has 2 atom stereocenters. The molecular formula is C10H14O2. The van der Waals surface area contributed by atoms with Gasteiger partial charge in [-0.15, -0.1) is 0 Å². The van der Waals surface area contributed by atoms with E-state index in [-0.39, 0.29) is 12.2 Å². The SMILES string of the molecule is C/C=C/C=C/C1CC(O)C=CO1. The van der Waals surface area contributed by atoms with Crippen LogP contribution in [0.4, 0.5) is 0 Å². The van der Waals surface area contributed by atoms with E-state index >= 15 is 0 Å². The fourth-order valence-corrected chi connectivity index (χ4v) is 1.03. The quantitative estimate of drug-likeness (QED) is 0.634. The van der Waals surface area contributed by atoms with E-state index in [1.807, 2.05) is 31.2 Å². The van der Waals surface area contributed by atoms with E-state index in [0.29, 0.717) is 6.42 Å². The fraction of sp³-hybridized carbons (Fsp3) is 0.400. The molecule has 0 fully saturated rings. The van der Waals surface area contributed by atoms with Crippen LogP contribution in [0.3, 0.4) is 0 Å². The van der Waals surface area contributed by atoms with Gasteiger partial charge < -0.3 is 9.84 Å². The molecule has 1 N–H and O–H groups in total. The highest BCUT2D eigenvalue weighted by molar-refractivity contribution is 5.06. The average Bonchev–Trinajstić information content (AvgIpc) is 2.05. The molecule has 1 heterocycles. The zero-order valence-electron chi connectivity index (χ0n) is 7.18. The van der Waals surface area contributed by atoms with Crippen LogP contribution < -0.4 is 0 Å². The number of hydrogen-bond acceptors (Lipinski definition) is 2. The number of ether oxygens (including phenoxy) is 1. The molecule has 0 aromatic carbocycles. The molecule has 66 valence electrons. The number of hydrogen-bond donors (Lipinski definition) is 1. The Kier molecular flexibility index (Phi) is 3.61. The lowest BCUT2D eigenvalue weighted by molar-refractivity contribution is 0.0923. The molecule has 1 aliphatic rings. The van der Waals surface area contributed by atoms with Gasteiger partial charge in [-0.2, -0.15) is 0 Å². The van der Waals surface area contributed by atoms with E-state index in [2.05, 4.69) is 0 Å². The molecule has 0 radical (unpaired) electrons. The van der Waals surface area contributed by atoms with E-state index < -0.39 is 0 Å². The van der Waals surface area contributed by atoms with Crippen LogP contribution in [0.1, 0.15) is 13.3 Å². The third kappa shape index (κ3) is 2.93. The van der Waals surface area contributed by atoms with Crippen molar-refractivity contribution in [3.8, 4) is 0 Å². The summed E-state index contributed by atoms with van der Waals surface area (Å²) in [5.41, 5.74) is 0. The van der Waals surface area contributed by atoms with Gasteiger partial charge in [0, 0.05) is 6.42 Å². The Hall–Kier alpha value is -1.02. The van der Waals surface area contributed by atoms with Gasteiger partial charge in [0.15, 0.2) is 0 Å². The third-order valence-corrected chi connectivity index (χ3v) is 1.66. The zero-order chi connectivity index (χ0) is 8.81. The van der Waals surface area contributed by atoms with Crippen LogP contribution >= 0.6 is 0 Å². The average molecular weight is 166 g/mol. The highest BCUT2D eigenvalue weighted by atomic mass is 16.5. The maximum Gasteiger partial charge on any atom is 0.119 e. The van der Waals surface area contributed by atoms with E-state index in [1.165, 1.54) is 0 Å². The molecule has 0 saturated heterocycles. The first-order valence-electron chi connectivity index (χ1n) is 4.12. The van der Waals surface area contributed by atoms with Crippen molar-refractivity contribution >= 4 is 0 Å². The van der Waals surface area contributed by atoms with Crippen molar-refractivity contribution in [1.82, 2.24) is 0 Å². The molecule has 2 unspecified atom stereocenters. The molecule has 0 bridgehead atoms. The summed E-state index contributed by atoms with van der Waals surface area (Å²) in [5, 5.41) is 9.22. The van der Waals surface area contributed by atoms with Crippen molar-refractivity contribution in [2.45, 2.75) is 25.6 Å². The topological polar surface area (TPSA) is 29.5 Å². The van der Waals surface area contributed by atoms with Crippen molar-refractivity contribution in [3.63, 3.8) is 0 Å². The van der Waals surface area contributed by atoms with E-state index in [0.717, 1.165) is 0 Å². The summed E-state index contributed by atoms with van der Waals surface area (Å²) in [6.45, 7) is 1.96. The van der Waals surface area contributed by atoms with Crippen molar-refractivity contribution in [2.24, 2.45) is 0 Å². The van der Waals surface area contributed by atoms with Crippen LogP contribution in [0.5, 0.6) is 0 Å². The van der Waals surface area contributed by atoms with Gasteiger partial charge in [0.1, 0.15) is 6.10 Å². The van der Waals surface area contributed by atoms with E-state index in [4.69, 9.17) is 4.74 Å². The fourth-order valence-electron chi connectivity index (χ4n) is 1.03. The summed E-state index contributed by atoms with van der Waals surface area (Å²) in [7, 11) is 0. The maximum atomic E-state index is 9.22. The molecule has 2 nitrogen and oxygen atoms in total. The van der Waals surface area contributed by atoms with Gasteiger partial charge in [-0.3, -0.25) is 0 Å². The molecule has 0 aliphatic carbocycles. The van der Waals surface area contributed by atoms with Gasteiger partial charge in [0.2, 0.25) is 0 Å². The van der Waals surface area contributed by atoms with Gasteiger partial charge in [0.05, 0.1) is 12.4 Å². The van der Waals surface area contributed by atoms with Gasteiger partial charge >= 0.3 is 0 Å². The summed E-state index contributed by atoms with van der Waals surface area (Å²) < 4.78 is 5.23. The van der Waals surface area contributed by atoms with Crippen LogP contribution in [-0.4, -0.2) is 17.3 Å². The maximum absolute atomic E-state index is 9.22. The number of aliphatic hydroxyl groups excluding tert-OH is 1. The molecule has 0 spiro atoms. The van der Waals surface area contributed by atoms with Gasteiger partial charge in [-0.25, -0.2) is 0 Å². The second kappa shape index (κ2) is 4.78. The van der Waals surface area contributed by atoms with Crippen molar-refractivity contribution < 1.29 is 9.84 Å². The Morgan fingerprint density at radius 2 is 2.33 bits per heavy atom. The highest BCUT2D eigenvalue weighted by Crippen LogP contribution is 2.11. The lowest BCUT2D eigenvalue weighted by Crippen LogP contribution is -2.19. The highest BCUT2D eigenvalue weighted by Gasteiger charge is 2.13. The van der Waals surface area contributed by atoms with E-state index in [9.17, 15) is 5.11 Å². The van der Waals surface area contributed by atoms with Crippen LogP contribution in [0, 0.1) is 0 Å². The molecule has 0 saturated carbocycles. The molecule has 0 aromatic rings. The van der Waals surface area contributed by atoms with Crippen LogP contribution in [0.15, 0.2) is 36.6 Å². The number of aliphatic hydroxyl groups is 1. The van der Waals surface area contributed by atoms with Crippen LogP contribution in [0.25, 0.3) is 0 Å². The molecular weight excluding hydrogens is 152 g/mol. The standard InChI is InChI=1S/C10H14O2/c1-2-3-4-5-10-8-9(11)6-7-12-10/h2-7,9-11H,8H2,1H3/b3-2+,5-4+. The second-order valence-corrected chi connectivity index (χ2v) is 2.72. The summed E-state index contributed by atoms with van der Waals surface area (Å²) in [6, 6.07) is 0. The Labute approximate surface area is 72.9 Å². The minimum Gasteiger partial charge on any atom is -0.494 e. The Balaban J connectivity index is 2.39. The minimum absolute atomic E-state index is 0.0150. The van der Waals surface area contributed by atoms with E-state index in [1.54, 1.807) is 12.3 Å². The molecule has 1 rings (SSSR count). The largest absolute Gasteiger partial charge is 0.494 e. The minimum atomic E-state index is -0.362. The van der Waals surface area contributed by atoms with Crippen molar-refractivity contribution in [1.29, 1.82) is 0 Å². The predicted octanol–water partition coefficient (Wildman–Crippen LogP) is 1.78. The Morgan fingerprint density at radius 1 is 1.50 bits per heavy atom. The summed E-state index contributed by atoms with van der Waals surface area (Å²) in [6.07, 6.45) is 11.3. The van der Waals surface area contributed by atoms with Gasteiger partial charge in [0.25, 0.3) is 0 Å². The predicted molar refractivity (Wildman–Crippen MR) is 48.6 cm³/mol. The number of rotatable bonds is 2. The monoisotopic (exact) mass is 166 g/mol. The summed E-state index contributed by atoms with van der Waals surface area (Å²) in [5.74, 6) is 0. The molecule has 0 aromatic heterocycles. The van der Waals surface area contributed by atoms with Crippen LogP contribution in [-0.2, 0) is 4.74 Å². The Bertz CT molecular complexity index is 204. The normalized spacial score (nSPS) is 29.8.